The summed E-state index contributed by atoms with van der Waals surface area (Å²) in [6, 6.07) is 5.64. The Balaban J connectivity index is 2.32. The Hall–Kier alpha value is -1.75. The monoisotopic (exact) mass is 380 g/mol. The van der Waals surface area contributed by atoms with Gasteiger partial charge in [0.25, 0.3) is 0 Å². The lowest BCUT2D eigenvalue weighted by molar-refractivity contribution is 0.0661. The van der Waals surface area contributed by atoms with Crippen LogP contribution in [0.2, 0.25) is 0 Å². The van der Waals surface area contributed by atoms with E-state index in [1.54, 1.807) is 6.92 Å². The molecule has 0 aliphatic carbocycles. The highest BCUT2D eigenvalue weighted by Crippen LogP contribution is 2.38. The van der Waals surface area contributed by atoms with Crippen molar-refractivity contribution in [1.82, 2.24) is 0 Å². The minimum absolute atomic E-state index is 0.0679. The third kappa shape index (κ3) is 3.96. The second kappa shape index (κ2) is 6.40. The summed E-state index contributed by atoms with van der Waals surface area (Å²) in [5, 5.41) is 8.99. The van der Waals surface area contributed by atoms with Crippen LogP contribution in [0.5, 0.6) is 5.75 Å². The van der Waals surface area contributed by atoms with Crippen molar-refractivity contribution in [3.05, 3.63) is 50.9 Å². The second-order valence-electron chi connectivity index (χ2n) is 6.66. The van der Waals surface area contributed by atoms with Crippen molar-refractivity contribution in [2.45, 2.75) is 46.6 Å². The molecule has 1 heterocycles. The van der Waals surface area contributed by atoms with Gasteiger partial charge >= 0.3 is 5.97 Å². The van der Waals surface area contributed by atoms with Crippen molar-refractivity contribution in [1.29, 1.82) is 0 Å². The Kier molecular flexibility index (Phi) is 4.90. The molecule has 0 amide bonds. The molecule has 0 spiro atoms. The van der Waals surface area contributed by atoms with E-state index in [0.29, 0.717) is 5.76 Å². The molecule has 1 N–H and O–H groups in total. The highest BCUT2D eigenvalue weighted by atomic mass is 79.9. The van der Waals surface area contributed by atoms with Crippen LogP contribution >= 0.6 is 15.9 Å². The quantitative estimate of drug-likeness (QED) is 0.788. The van der Waals surface area contributed by atoms with Gasteiger partial charge in [-0.2, -0.15) is 0 Å². The number of aryl methyl sites for hydroxylation is 2. The van der Waals surface area contributed by atoms with Crippen LogP contribution in [-0.4, -0.2) is 11.1 Å². The SMILES string of the molecule is Cc1cc(Br)c(OCc2cc(C(=O)O)oc2C)c(C(C)(C)C)c1. The molecule has 2 rings (SSSR count). The van der Waals surface area contributed by atoms with Crippen molar-refractivity contribution < 1.29 is 19.1 Å². The summed E-state index contributed by atoms with van der Waals surface area (Å²) < 4.78 is 12.1. The molecule has 4 nitrogen and oxygen atoms in total. The van der Waals surface area contributed by atoms with Crippen molar-refractivity contribution in [2.75, 3.05) is 0 Å². The fraction of sp³-hybridized carbons (Fsp3) is 0.389. The third-order valence-corrected chi connectivity index (χ3v) is 4.19. The van der Waals surface area contributed by atoms with Crippen LogP contribution in [0.15, 0.2) is 27.1 Å². The van der Waals surface area contributed by atoms with Gasteiger partial charge in [0.1, 0.15) is 18.1 Å². The average Bonchev–Trinajstić information content (AvgIpc) is 2.77. The number of furan rings is 1. The molecule has 0 bridgehead atoms. The van der Waals surface area contributed by atoms with Crippen LogP contribution < -0.4 is 4.74 Å². The number of rotatable bonds is 4. The molecule has 0 unspecified atom stereocenters. The topological polar surface area (TPSA) is 59.7 Å². The molecule has 0 radical (unpaired) electrons. The summed E-state index contributed by atoms with van der Waals surface area (Å²) in [6.07, 6.45) is 0. The lowest BCUT2D eigenvalue weighted by atomic mass is 9.85. The number of carboxylic acid groups (broad SMARTS) is 1. The van der Waals surface area contributed by atoms with Crippen LogP contribution in [0.25, 0.3) is 0 Å². The van der Waals surface area contributed by atoms with E-state index < -0.39 is 5.97 Å². The maximum atomic E-state index is 11.0. The fourth-order valence-corrected chi connectivity index (χ4v) is 3.04. The molecular formula is C18H21BrO4. The Bertz CT molecular complexity index is 738. The molecule has 0 aliphatic rings. The molecule has 0 atom stereocenters. The van der Waals surface area contributed by atoms with Gasteiger partial charge in [-0.15, -0.1) is 0 Å². The first-order valence-electron chi connectivity index (χ1n) is 7.35. The Morgan fingerprint density at radius 3 is 2.43 bits per heavy atom. The predicted octanol–water partition coefficient (Wildman–Crippen LogP) is 5.23. The largest absolute Gasteiger partial charge is 0.487 e. The minimum atomic E-state index is -1.08. The Labute approximate surface area is 144 Å². The van der Waals surface area contributed by atoms with Crippen LogP contribution in [0.4, 0.5) is 0 Å². The number of benzene rings is 1. The lowest BCUT2D eigenvalue weighted by Gasteiger charge is -2.24. The molecule has 23 heavy (non-hydrogen) atoms. The Morgan fingerprint density at radius 2 is 1.91 bits per heavy atom. The normalized spacial score (nSPS) is 11.6. The molecular weight excluding hydrogens is 360 g/mol. The molecule has 0 aliphatic heterocycles. The molecule has 1 aromatic heterocycles. The number of halogens is 1. The predicted molar refractivity (Wildman–Crippen MR) is 92.3 cm³/mol. The summed E-state index contributed by atoms with van der Waals surface area (Å²) in [5.41, 5.74) is 2.92. The number of carboxylic acids is 1. The van der Waals surface area contributed by atoms with Crippen molar-refractivity contribution in [2.24, 2.45) is 0 Å². The molecule has 0 fully saturated rings. The number of ether oxygens (including phenoxy) is 1. The van der Waals surface area contributed by atoms with Crippen molar-refractivity contribution >= 4 is 21.9 Å². The zero-order valence-electron chi connectivity index (χ0n) is 14.0. The maximum absolute atomic E-state index is 11.0. The standard InChI is InChI=1S/C18H21BrO4/c1-10-6-13(18(3,4)5)16(14(19)7-10)22-9-12-8-15(17(20)21)23-11(12)2/h6-8H,9H2,1-5H3,(H,20,21). The zero-order chi connectivity index (χ0) is 17.4. The van der Waals surface area contributed by atoms with Crippen molar-refractivity contribution in [3.8, 4) is 5.75 Å². The van der Waals surface area contributed by atoms with Gasteiger partial charge in [0.05, 0.1) is 4.47 Å². The molecule has 0 saturated heterocycles. The summed E-state index contributed by atoms with van der Waals surface area (Å²) in [6.45, 7) is 10.4. The van der Waals surface area contributed by atoms with E-state index >= 15 is 0 Å². The van der Waals surface area contributed by atoms with Gasteiger partial charge in [-0.25, -0.2) is 4.79 Å². The summed E-state index contributed by atoms with van der Waals surface area (Å²) >= 11 is 3.57. The van der Waals surface area contributed by atoms with Crippen LogP contribution in [0.1, 0.15) is 53.8 Å². The molecule has 124 valence electrons. The van der Waals surface area contributed by atoms with Gasteiger partial charge in [0, 0.05) is 11.1 Å². The third-order valence-electron chi connectivity index (χ3n) is 3.60. The maximum Gasteiger partial charge on any atom is 0.371 e. The van der Waals surface area contributed by atoms with Gasteiger partial charge in [0.2, 0.25) is 5.76 Å². The van der Waals surface area contributed by atoms with E-state index in [9.17, 15) is 4.79 Å². The molecule has 2 aromatic rings. The van der Waals surface area contributed by atoms with Crippen molar-refractivity contribution in [3.63, 3.8) is 0 Å². The smallest absolute Gasteiger partial charge is 0.371 e. The van der Waals surface area contributed by atoms with Crippen LogP contribution in [-0.2, 0) is 12.0 Å². The van der Waals surface area contributed by atoms with Gasteiger partial charge in [-0.05, 0) is 52.9 Å². The van der Waals surface area contributed by atoms with E-state index in [4.69, 9.17) is 14.3 Å². The van der Waals surface area contributed by atoms with Crippen LogP contribution in [0.3, 0.4) is 0 Å². The summed E-state index contributed by atoms with van der Waals surface area (Å²) in [5.74, 6) is 0.190. The first-order chi connectivity index (χ1) is 10.6. The highest BCUT2D eigenvalue weighted by molar-refractivity contribution is 9.10. The van der Waals surface area contributed by atoms with E-state index in [1.807, 2.05) is 13.0 Å². The highest BCUT2D eigenvalue weighted by Gasteiger charge is 2.22. The second-order valence-corrected chi connectivity index (χ2v) is 7.51. The summed E-state index contributed by atoms with van der Waals surface area (Å²) in [4.78, 5) is 11.0. The average molecular weight is 381 g/mol. The van der Waals surface area contributed by atoms with Gasteiger partial charge in [-0.1, -0.05) is 26.8 Å². The van der Waals surface area contributed by atoms with E-state index in [-0.39, 0.29) is 17.8 Å². The first kappa shape index (κ1) is 17.6. The van der Waals surface area contributed by atoms with Gasteiger partial charge in [-0.3, -0.25) is 0 Å². The molecule has 1 aromatic carbocycles. The van der Waals surface area contributed by atoms with E-state index in [1.165, 1.54) is 6.07 Å². The van der Waals surface area contributed by atoms with Gasteiger partial charge < -0.3 is 14.3 Å². The fourth-order valence-electron chi connectivity index (χ4n) is 2.35. The van der Waals surface area contributed by atoms with Crippen LogP contribution in [0, 0.1) is 13.8 Å². The Morgan fingerprint density at radius 1 is 1.26 bits per heavy atom. The number of carbonyl (C=O) groups is 1. The van der Waals surface area contributed by atoms with Gasteiger partial charge in [0.15, 0.2) is 0 Å². The first-order valence-corrected chi connectivity index (χ1v) is 8.15. The number of hydrogen-bond acceptors (Lipinski definition) is 3. The lowest BCUT2D eigenvalue weighted by Crippen LogP contribution is -2.14. The summed E-state index contributed by atoms with van der Waals surface area (Å²) in [7, 11) is 0. The molecule has 0 saturated carbocycles. The van der Waals surface area contributed by atoms with E-state index in [0.717, 1.165) is 26.9 Å². The number of aromatic carboxylic acids is 1. The molecule has 5 heteroatoms. The number of hydrogen-bond donors (Lipinski definition) is 1. The zero-order valence-corrected chi connectivity index (χ0v) is 15.6. The van der Waals surface area contributed by atoms with E-state index in [2.05, 4.69) is 42.8 Å². The minimum Gasteiger partial charge on any atom is -0.487 e.